The minimum absolute atomic E-state index is 0.163. The van der Waals surface area contributed by atoms with E-state index >= 15 is 0 Å². The summed E-state index contributed by atoms with van der Waals surface area (Å²) < 4.78 is 5.37. The maximum atomic E-state index is 10.8. The Hall–Kier alpha value is -2.12. The van der Waals surface area contributed by atoms with E-state index < -0.39 is 0 Å². The molecule has 1 unspecified atom stereocenters. The Morgan fingerprint density at radius 3 is 2.63 bits per heavy atom. The second-order valence-corrected chi connectivity index (χ2v) is 4.08. The highest BCUT2D eigenvalue weighted by Gasteiger charge is 2.11. The average molecular weight is 268 g/mol. The molecule has 0 bridgehead atoms. The zero-order valence-corrected chi connectivity index (χ0v) is 11.4. The second-order valence-electron chi connectivity index (χ2n) is 4.08. The first-order chi connectivity index (χ1) is 9.05. The lowest BCUT2D eigenvalue weighted by atomic mass is 10.2. The highest BCUT2D eigenvalue weighted by molar-refractivity contribution is 5.74. The molecule has 1 aromatic heterocycles. The van der Waals surface area contributed by atoms with Crippen LogP contribution in [0.25, 0.3) is 0 Å². The molecule has 4 N–H and O–H groups in total. The van der Waals surface area contributed by atoms with Gasteiger partial charge in [-0.2, -0.15) is 15.0 Å². The van der Waals surface area contributed by atoms with Crippen molar-refractivity contribution in [2.75, 3.05) is 24.3 Å². The van der Waals surface area contributed by atoms with E-state index in [0.717, 1.165) is 6.42 Å². The number of hydrogen-bond acceptors (Lipinski definition) is 7. The zero-order chi connectivity index (χ0) is 14.3. The number of aromatic nitrogens is 3. The van der Waals surface area contributed by atoms with Crippen molar-refractivity contribution in [3.05, 3.63) is 0 Å². The van der Waals surface area contributed by atoms with Gasteiger partial charge in [0.1, 0.15) is 0 Å². The topological polar surface area (TPSA) is 115 Å². The van der Waals surface area contributed by atoms with Crippen LogP contribution >= 0.6 is 0 Å². The van der Waals surface area contributed by atoms with Gasteiger partial charge in [-0.25, -0.2) is 0 Å². The van der Waals surface area contributed by atoms with Gasteiger partial charge in [0, 0.05) is 19.5 Å². The summed E-state index contributed by atoms with van der Waals surface area (Å²) >= 11 is 0. The van der Waals surface area contributed by atoms with Crippen molar-refractivity contribution in [2.24, 2.45) is 5.73 Å². The molecular formula is C11H20N6O2. The van der Waals surface area contributed by atoms with Crippen LogP contribution in [0.4, 0.5) is 11.9 Å². The molecule has 19 heavy (non-hydrogen) atoms. The molecular weight excluding hydrogens is 248 g/mol. The van der Waals surface area contributed by atoms with Crippen molar-refractivity contribution in [2.45, 2.75) is 32.7 Å². The number of nitrogens with zero attached hydrogens (tertiary/aromatic N) is 3. The van der Waals surface area contributed by atoms with Crippen molar-refractivity contribution < 1.29 is 9.53 Å². The molecule has 1 heterocycles. The largest absolute Gasteiger partial charge is 0.463 e. The summed E-state index contributed by atoms with van der Waals surface area (Å²) in [6.45, 7) is 4.35. The summed E-state index contributed by atoms with van der Waals surface area (Å²) in [5, 5.41) is 5.81. The first-order valence-corrected chi connectivity index (χ1v) is 6.16. The van der Waals surface area contributed by atoms with Gasteiger partial charge in [-0.05, 0) is 13.3 Å². The molecule has 0 aliphatic carbocycles. The number of ether oxygens (including phenoxy) is 1. The second kappa shape index (κ2) is 7.34. The number of nitrogens with one attached hydrogen (secondary N) is 2. The number of anilines is 2. The highest BCUT2D eigenvalue weighted by atomic mass is 16.5. The molecule has 106 valence electrons. The van der Waals surface area contributed by atoms with Crippen LogP contribution in [-0.2, 0) is 4.79 Å². The first kappa shape index (κ1) is 14.9. The zero-order valence-electron chi connectivity index (χ0n) is 11.4. The number of rotatable bonds is 8. The highest BCUT2D eigenvalue weighted by Crippen LogP contribution is 2.12. The third-order valence-corrected chi connectivity index (χ3v) is 2.16. The summed E-state index contributed by atoms with van der Waals surface area (Å²) in [6, 6.07) is 0.0820. The van der Waals surface area contributed by atoms with E-state index in [1.54, 1.807) is 7.05 Å². The predicted molar refractivity (Wildman–Crippen MR) is 72.1 cm³/mol. The van der Waals surface area contributed by atoms with Crippen LogP contribution in [0.1, 0.15) is 26.7 Å². The van der Waals surface area contributed by atoms with Crippen molar-refractivity contribution in [3.63, 3.8) is 0 Å². The Labute approximate surface area is 112 Å². The van der Waals surface area contributed by atoms with Crippen LogP contribution in [0.2, 0.25) is 0 Å². The van der Waals surface area contributed by atoms with Gasteiger partial charge in [0.25, 0.3) is 0 Å². The molecule has 0 radical (unpaired) electrons. The Kier molecular flexibility index (Phi) is 5.77. The summed E-state index contributed by atoms with van der Waals surface area (Å²) in [4.78, 5) is 23.1. The standard InChI is InChI=1S/C11H20N6O2/c1-4-5-19-11-16-9(13-3)15-10(17-11)14-7(2)6-8(12)18/h7H,4-6H2,1-3H3,(H2,12,18)(H2,13,14,15,16,17). The van der Waals surface area contributed by atoms with Crippen LogP contribution in [-0.4, -0.2) is 40.6 Å². The fraction of sp³-hybridized carbons (Fsp3) is 0.636. The molecule has 0 spiro atoms. The van der Waals surface area contributed by atoms with Crippen molar-refractivity contribution in [3.8, 4) is 6.01 Å². The van der Waals surface area contributed by atoms with E-state index in [2.05, 4.69) is 25.6 Å². The van der Waals surface area contributed by atoms with E-state index in [0.29, 0.717) is 18.5 Å². The van der Waals surface area contributed by atoms with Crippen molar-refractivity contribution in [1.29, 1.82) is 0 Å². The van der Waals surface area contributed by atoms with Gasteiger partial charge in [-0.1, -0.05) is 6.92 Å². The third-order valence-electron chi connectivity index (χ3n) is 2.16. The van der Waals surface area contributed by atoms with Gasteiger partial charge in [-0.15, -0.1) is 0 Å². The summed E-state index contributed by atoms with van der Waals surface area (Å²) in [6.07, 6.45) is 1.06. The molecule has 0 fully saturated rings. The smallest absolute Gasteiger partial charge is 0.323 e. The van der Waals surface area contributed by atoms with E-state index in [9.17, 15) is 4.79 Å². The molecule has 8 heteroatoms. The normalized spacial score (nSPS) is 11.7. The van der Waals surface area contributed by atoms with E-state index in [-0.39, 0.29) is 24.4 Å². The lowest BCUT2D eigenvalue weighted by Crippen LogP contribution is -2.25. The maximum absolute atomic E-state index is 10.8. The monoisotopic (exact) mass is 268 g/mol. The van der Waals surface area contributed by atoms with E-state index in [4.69, 9.17) is 10.5 Å². The van der Waals surface area contributed by atoms with Crippen LogP contribution in [0, 0.1) is 0 Å². The Bertz CT molecular complexity index is 426. The third kappa shape index (κ3) is 5.36. The molecule has 0 aliphatic rings. The summed E-state index contributed by atoms with van der Waals surface area (Å²) in [5.41, 5.74) is 5.13. The van der Waals surface area contributed by atoms with E-state index in [1.165, 1.54) is 0 Å². The Balaban J connectivity index is 2.78. The minimum Gasteiger partial charge on any atom is -0.463 e. The molecule has 1 atom stereocenters. The number of carbonyl (C=O) groups excluding carboxylic acids is 1. The van der Waals surface area contributed by atoms with Gasteiger partial charge in [0.2, 0.25) is 17.8 Å². The number of amides is 1. The minimum atomic E-state index is -0.384. The van der Waals surface area contributed by atoms with Crippen LogP contribution in [0.3, 0.4) is 0 Å². The maximum Gasteiger partial charge on any atom is 0.323 e. The average Bonchev–Trinajstić information content (AvgIpc) is 2.34. The Morgan fingerprint density at radius 1 is 1.37 bits per heavy atom. The fourth-order valence-electron chi connectivity index (χ4n) is 1.36. The van der Waals surface area contributed by atoms with Crippen molar-refractivity contribution in [1.82, 2.24) is 15.0 Å². The summed E-state index contributed by atoms with van der Waals surface area (Å²) in [7, 11) is 1.70. The van der Waals surface area contributed by atoms with Crippen molar-refractivity contribution >= 4 is 17.8 Å². The number of nitrogens with two attached hydrogens (primary N) is 1. The van der Waals surface area contributed by atoms with Gasteiger partial charge in [-0.3, -0.25) is 4.79 Å². The van der Waals surface area contributed by atoms with Gasteiger partial charge < -0.3 is 21.1 Å². The molecule has 8 nitrogen and oxygen atoms in total. The molecule has 0 aliphatic heterocycles. The molecule has 0 aromatic carbocycles. The molecule has 1 rings (SSSR count). The Morgan fingerprint density at radius 2 is 2.05 bits per heavy atom. The molecule has 1 amide bonds. The predicted octanol–water partition coefficient (Wildman–Crippen LogP) is 0.378. The lowest BCUT2D eigenvalue weighted by Gasteiger charge is -2.13. The molecule has 0 saturated heterocycles. The quantitative estimate of drug-likeness (QED) is 0.624. The van der Waals surface area contributed by atoms with Crippen LogP contribution in [0.5, 0.6) is 6.01 Å². The van der Waals surface area contributed by atoms with Crippen LogP contribution in [0.15, 0.2) is 0 Å². The number of carbonyl (C=O) groups is 1. The van der Waals surface area contributed by atoms with Gasteiger partial charge in [0.05, 0.1) is 6.61 Å². The SMILES string of the molecule is CCCOc1nc(NC)nc(NC(C)CC(N)=O)n1. The van der Waals surface area contributed by atoms with Crippen LogP contribution < -0.4 is 21.1 Å². The molecule has 1 aromatic rings. The first-order valence-electron chi connectivity index (χ1n) is 6.16. The van der Waals surface area contributed by atoms with E-state index in [1.807, 2.05) is 13.8 Å². The lowest BCUT2D eigenvalue weighted by molar-refractivity contribution is -0.118. The number of primary amides is 1. The summed E-state index contributed by atoms with van der Waals surface area (Å²) in [5.74, 6) is 0.361. The van der Waals surface area contributed by atoms with Gasteiger partial charge >= 0.3 is 6.01 Å². The fourth-order valence-corrected chi connectivity index (χ4v) is 1.36. The number of hydrogen-bond donors (Lipinski definition) is 3. The molecule has 0 saturated carbocycles. The van der Waals surface area contributed by atoms with Gasteiger partial charge in [0.15, 0.2) is 0 Å².